The zero-order valence-electron chi connectivity index (χ0n) is 10.4. The molecule has 0 aromatic heterocycles. The topological polar surface area (TPSA) is 24.1 Å². The molecule has 2 N–H and O–H groups in total. The van der Waals surface area contributed by atoms with Crippen molar-refractivity contribution in [1.82, 2.24) is 0 Å². The largest absolute Gasteiger partial charge is 0.381 e. The van der Waals surface area contributed by atoms with Crippen LogP contribution in [-0.2, 0) is 0 Å². The minimum absolute atomic E-state index is 0.0477. The molecule has 1 atom stereocenters. The Morgan fingerprint density at radius 2 is 1.94 bits per heavy atom. The van der Waals surface area contributed by atoms with E-state index in [2.05, 4.69) is 31.4 Å². The molecule has 1 aromatic rings. The van der Waals surface area contributed by atoms with Gasteiger partial charge in [-0.3, -0.25) is 0 Å². The highest BCUT2D eigenvalue weighted by molar-refractivity contribution is 5.70. The van der Waals surface area contributed by atoms with E-state index >= 15 is 0 Å². The molecule has 0 saturated heterocycles. The molecule has 94 valence electrons. The minimum Gasteiger partial charge on any atom is -0.381 e. The fourth-order valence-corrected chi connectivity index (χ4v) is 2.12. The monoisotopic (exact) mass is 240 g/mol. The molecule has 0 fully saturated rings. The van der Waals surface area contributed by atoms with Gasteiger partial charge in [0.1, 0.15) is 5.82 Å². The first-order chi connectivity index (χ1) is 7.88. The van der Waals surface area contributed by atoms with Crippen molar-refractivity contribution in [3.63, 3.8) is 0 Å². The van der Waals surface area contributed by atoms with Crippen molar-refractivity contribution in [2.75, 3.05) is 17.2 Å². The van der Waals surface area contributed by atoms with Gasteiger partial charge in [0.2, 0.25) is 0 Å². The van der Waals surface area contributed by atoms with E-state index in [1.54, 1.807) is 0 Å². The van der Waals surface area contributed by atoms with Gasteiger partial charge in [-0.05, 0) is 17.9 Å². The third kappa shape index (κ3) is 2.51. The second kappa shape index (κ2) is 4.17. The molecule has 1 aromatic carbocycles. The Bertz CT molecular complexity index is 424. The van der Waals surface area contributed by atoms with E-state index in [0.29, 0.717) is 17.9 Å². The zero-order valence-corrected chi connectivity index (χ0v) is 10.4. The highest BCUT2D eigenvalue weighted by atomic mass is 19.1. The molecule has 0 bridgehead atoms. The van der Waals surface area contributed by atoms with E-state index < -0.39 is 11.6 Å². The van der Waals surface area contributed by atoms with E-state index in [9.17, 15) is 8.78 Å². The standard InChI is InChI=1S/C13H18F2N2/c1-13(2,3)11-4-5-16-12-9(15)6-8(14)7-10(12)17-11/h6-7,11,16-17H,4-5H2,1-3H3. The normalized spacial score (nSPS) is 19.9. The lowest BCUT2D eigenvalue weighted by Crippen LogP contribution is -2.34. The number of rotatable bonds is 0. The minimum atomic E-state index is -0.551. The van der Waals surface area contributed by atoms with E-state index in [0.717, 1.165) is 12.5 Å². The number of benzene rings is 1. The van der Waals surface area contributed by atoms with Crippen molar-refractivity contribution >= 4 is 11.4 Å². The molecule has 0 saturated carbocycles. The fourth-order valence-electron chi connectivity index (χ4n) is 2.12. The SMILES string of the molecule is CC(C)(C)C1CCNc2c(F)cc(F)cc2N1. The van der Waals surface area contributed by atoms with Gasteiger partial charge in [-0.15, -0.1) is 0 Å². The first-order valence-electron chi connectivity index (χ1n) is 5.87. The molecule has 0 spiro atoms. The number of anilines is 2. The van der Waals surface area contributed by atoms with Crippen molar-refractivity contribution in [1.29, 1.82) is 0 Å². The molecular weight excluding hydrogens is 222 g/mol. The average molecular weight is 240 g/mol. The molecule has 1 heterocycles. The van der Waals surface area contributed by atoms with Crippen molar-refractivity contribution in [2.24, 2.45) is 5.41 Å². The highest BCUT2D eigenvalue weighted by Crippen LogP contribution is 2.34. The lowest BCUT2D eigenvalue weighted by atomic mass is 9.85. The Morgan fingerprint density at radius 1 is 1.24 bits per heavy atom. The van der Waals surface area contributed by atoms with E-state index in [1.165, 1.54) is 6.07 Å². The summed E-state index contributed by atoms with van der Waals surface area (Å²) in [6.45, 7) is 7.03. The van der Waals surface area contributed by atoms with Gasteiger partial charge in [-0.25, -0.2) is 8.78 Å². The maximum Gasteiger partial charge on any atom is 0.151 e. The lowest BCUT2D eigenvalue weighted by molar-refractivity contribution is 0.332. The lowest BCUT2D eigenvalue weighted by Gasteiger charge is -2.31. The van der Waals surface area contributed by atoms with Gasteiger partial charge in [0.25, 0.3) is 0 Å². The zero-order chi connectivity index (χ0) is 12.6. The first kappa shape index (κ1) is 12.1. The van der Waals surface area contributed by atoms with Crippen LogP contribution in [-0.4, -0.2) is 12.6 Å². The van der Waals surface area contributed by atoms with Crippen LogP contribution in [0.4, 0.5) is 20.2 Å². The molecule has 1 unspecified atom stereocenters. The van der Waals surface area contributed by atoms with Crippen molar-refractivity contribution in [2.45, 2.75) is 33.2 Å². The third-order valence-electron chi connectivity index (χ3n) is 3.16. The van der Waals surface area contributed by atoms with E-state index in [-0.39, 0.29) is 11.5 Å². The van der Waals surface area contributed by atoms with Crippen LogP contribution in [0.3, 0.4) is 0 Å². The predicted molar refractivity (Wildman–Crippen MR) is 66.3 cm³/mol. The molecule has 1 aliphatic heterocycles. The summed E-state index contributed by atoms with van der Waals surface area (Å²) in [4.78, 5) is 0. The average Bonchev–Trinajstić information content (AvgIpc) is 2.38. The summed E-state index contributed by atoms with van der Waals surface area (Å²) in [6, 6.07) is 2.44. The Kier molecular flexibility index (Phi) is 2.98. The third-order valence-corrected chi connectivity index (χ3v) is 3.16. The number of hydrogen-bond donors (Lipinski definition) is 2. The van der Waals surface area contributed by atoms with Crippen LogP contribution in [0.25, 0.3) is 0 Å². The Balaban J connectivity index is 2.37. The summed E-state index contributed by atoms with van der Waals surface area (Å²) in [5, 5.41) is 6.26. The Morgan fingerprint density at radius 3 is 2.59 bits per heavy atom. The number of halogens is 2. The van der Waals surface area contributed by atoms with Gasteiger partial charge >= 0.3 is 0 Å². The summed E-state index contributed by atoms with van der Waals surface area (Å²) in [5.74, 6) is -1.09. The highest BCUT2D eigenvalue weighted by Gasteiger charge is 2.27. The van der Waals surface area contributed by atoms with E-state index in [4.69, 9.17) is 0 Å². The van der Waals surface area contributed by atoms with Crippen LogP contribution in [0, 0.1) is 17.0 Å². The van der Waals surface area contributed by atoms with Crippen LogP contribution >= 0.6 is 0 Å². The van der Waals surface area contributed by atoms with Gasteiger partial charge in [-0.1, -0.05) is 20.8 Å². The van der Waals surface area contributed by atoms with Crippen molar-refractivity contribution in [3.05, 3.63) is 23.8 Å². The quantitative estimate of drug-likeness (QED) is 0.724. The first-order valence-corrected chi connectivity index (χ1v) is 5.87. The molecule has 0 radical (unpaired) electrons. The summed E-state index contributed by atoms with van der Waals surface area (Å²) in [5.41, 5.74) is 0.935. The van der Waals surface area contributed by atoms with Gasteiger partial charge in [0.15, 0.2) is 5.82 Å². The molecular formula is C13H18F2N2. The van der Waals surface area contributed by atoms with Gasteiger partial charge < -0.3 is 10.6 Å². The summed E-state index contributed by atoms with van der Waals surface area (Å²) in [7, 11) is 0. The van der Waals surface area contributed by atoms with Crippen LogP contribution in [0.1, 0.15) is 27.2 Å². The van der Waals surface area contributed by atoms with Gasteiger partial charge in [0, 0.05) is 18.7 Å². The van der Waals surface area contributed by atoms with E-state index in [1.807, 2.05) is 0 Å². The summed E-state index contributed by atoms with van der Waals surface area (Å²) >= 11 is 0. The molecule has 4 heteroatoms. The molecule has 1 aliphatic rings. The second-order valence-corrected chi connectivity index (χ2v) is 5.59. The smallest absolute Gasteiger partial charge is 0.151 e. The molecule has 2 rings (SSSR count). The van der Waals surface area contributed by atoms with Crippen LogP contribution < -0.4 is 10.6 Å². The Labute approximate surface area is 100 Å². The molecule has 0 amide bonds. The molecule has 0 aliphatic carbocycles. The van der Waals surface area contributed by atoms with Crippen LogP contribution in [0.2, 0.25) is 0 Å². The number of hydrogen-bond acceptors (Lipinski definition) is 2. The van der Waals surface area contributed by atoms with Gasteiger partial charge in [0.05, 0.1) is 11.4 Å². The van der Waals surface area contributed by atoms with Crippen molar-refractivity contribution < 1.29 is 8.78 Å². The second-order valence-electron chi connectivity index (χ2n) is 5.59. The maximum absolute atomic E-state index is 13.6. The van der Waals surface area contributed by atoms with Crippen molar-refractivity contribution in [3.8, 4) is 0 Å². The van der Waals surface area contributed by atoms with Crippen LogP contribution in [0.5, 0.6) is 0 Å². The number of fused-ring (bicyclic) bond motifs is 1. The van der Waals surface area contributed by atoms with Gasteiger partial charge in [-0.2, -0.15) is 0 Å². The molecule has 17 heavy (non-hydrogen) atoms. The molecule has 2 nitrogen and oxygen atoms in total. The number of nitrogens with one attached hydrogen (secondary N) is 2. The summed E-state index contributed by atoms with van der Waals surface area (Å²) in [6.07, 6.45) is 0.874. The maximum atomic E-state index is 13.6. The fraction of sp³-hybridized carbons (Fsp3) is 0.538. The Hall–Kier alpha value is -1.32. The summed E-state index contributed by atoms with van der Waals surface area (Å²) < 4.78 is 26.8. The predicted octanol–water partition coefficient (Wildman–Crippen LogP) is 3.61. The van der Waals surface area contributed by atoms with Crippen LogP contribution in [0.15, 0.2) is 12.1 Å².